The van der Waals surface area contributed by atoms with E-state index in [1.165, 1.54) is 4.90 Å². The molecular weight excluding hydrogens is 196 g/mol. The van der Waals surface area contributed by atoms with Crippen LogP contribution in [-0.4, -0.2) is 35.2 Å². The number of piperidine rings is 1. The van der Waals surface area contributed by atoms with Crippen molar-refractivity contribution in [2.75, 3.05) is 13.1 Å². The largest absolute Gasteiger partial charge is 0.465 e. The van der Waals surface area contributed by atoms with Crippen molar-refractivity contribution >= 4 is 6.09 Å². The van der Waals surface area contributed by atoms with Gasteiger partial charge in [-0.2, -0.15) is 0 Å². The Balaban J connectivity index is 1.85. The smallest absolute Gasteiger partial charge is 0.407 e. The van der Waals surface area contributed by atoms with Gasteiger partial charge in [0.15, 0.2) is 0 Å². The summed E-state index contributed by atoms with van der Waals surface area (Å²) in [5.74, 6) is 0. The first-order chi connectivity index (χ1) is 7.15. The summed E-state index contributed by atoms with van der Waals surface area (Å²) < 4.78 is 0. The molecule has 6 nitrogen and oxygen atoms in total. The molecule has 6 heteroatoms. The Hall–Kier alpha value is -1.42. The van der Waals surface area contributed by atoms with Crippen molar-refractivity contribution in [3.8, 4) is 0 Å². The maximum Gasteiger partial charge on any atom is 0.407 e. The maximum absolute atomic E-state index is 10.7. The minimum atomic E-state index is -0.813. The highest BCUT2D eigenvalue weighted by Gasteiger charge is 2.48. The molecule has 0 aromatic carbocycles. The maximum atomic E-state index is 10.7. The number of nitrogens with one attached hydrogen (secondary N) is 1. The van der Waals surface area contributed by atoms with Gasteiger partial charge < -0.3 is 10.0 Å². The van der Waals surface area contributed by atoms with Gasteiger partial charge in [-0.3, -0.25) is 0 Å². The molecule has 82 valence electrons. The summed E-state index contributed by atoms with van der Waals surface area (Å²) >= 11 is 0. The molecule has 1 spiro atoms. The minimum Gasteiger partial charge on any atom is -0.465 e. The average Bonchev–Trinajstić information content (AvgIpc) is 2.16. The first-order valence-corrected chi connectivity index (χ1v) is 5.20. The predicted octanol–water partition coefficient (Wildman–Crippen LogP) is 1.46. The van der Waals surface area contributed by atoms with E-state index in [0.717, 1.165) is 25.7 Å². The topological polar surface area (TPSA) is 90.9 Å². The number of hydrogen-bond donors (Lipinski definition) is 2. The first kappa shape index (κ1) is 10.1. The summed E-state index contributed by atoms with van der Waals surface area (Å²) in [5, 5.41) is 12.6. The van der Waals surface area contributed by atoms with Crippen LogP contribution in [0.2, 0.25) is 0 Å². The lowest BCUT2D eigenvalue weighted by molar-refractivity contribution is 0.0196. The minimum absolute atomic E-state index is 0.207. The van der Waals surface area contributed by atoms with Gasteiger partial charge in [-0.05, 0) is 31.1 Å². The molecule has 1 amide bonds. The highest BCUT2D eigenvalue weighted by molar-refractivity contribution is 5.65. The Morgan fingerprint density at radius 3 is 2.53 bits per heavy atom. The van der Waals surface area contributed by atoms with E-state index in [0.29, 0.717) is 18.5 Å². The third kappa shape index (κ3) is 1.85. The van der Waals surface area contributed by atoms with Crippen LogP contribution < -0.4 is 4.91 Å². The van der Waals surface area contributed by atoms with Crippen molar-refractivity contribution in [1.82, 2.24) is 9.81 Å². The van der Waals surface area contributed by atoms with Gasteiger partial charge in [-0.15, -0.1) is 0 Å². The van der Waals surface area contributed by atoms with E-state index < -0.39 is 6.09 Å². The Labute approximate surface area is 87.5 Å². The molecule has 1 saturated carbocycles. The van der Waals surface area contributed by atoms with Gasteiger partial charge in [0, 0.05) is 13.1 Å². The second kappa shape index (κ2) is 3.62. The molecule has 0 radical (unpaired) electrons. The zero-order valence-electron chi connectivity index (χ0n) is 8.52. The number of nitrogens with zero attached hydrogens (tertiary/aromatic N) is 3. The third-order valence-corrected chi connectivity index (χ3v) is 3.65. The van der Waals surface area contributed by atoms with Crippen LogP contribution >= 0.6 is 0 Å². The summed E-state index contributed by atoms with van der Waals surface area (Å²) in [7, 11) is 0. The standard InChI is InChI=1S/C9H14N4O2/c10-12-11-7-5-9(6-7)1-3-13(4-2-9)8(14)15/h7,10H,1-6H2/p+1. The molecule has 15 heavy (non-hydrogen) atoms. The summed E-state index contributed by atoms with van der Waals surface area (Å²) in [5.41, 5.74) is 6.93. The van der Waals surface area contributed by atoms with E-state index in [1.807, 2.05) is 0 Å². The van der Waals surface area contributed by atoms with Crippen molar-refractivity contribution < 1.29 is 9.90 Å². The molecule has 2 aliphatic rings. The van der Waals surface area contributed by atoms with Gasteiger partial charge in [-0.25, -0.2) is 4.79 Å². The average molecular weight is 211 g/mol. The zero-order valence-corrected chi connectivity index (χ0v) is 8.52. The lowest BCUT2D eigenvalue weighted by Gasteiger charge is -2.48. The van der Waals surface area contributed by atoms with Gasteiger partial charge in [0.25, 0.3) is 0 Å². The van der Waals surface area contributed by atoms with Gasteiger partial charge >= 0.3 is 6.09 Å². The third-order valence-electron chi connectivity index (χ3n) is 3.65. The van der Waals surface area contributed by atoms with Crippen LogP contribution in [0.4, 0.5) is 4.79 Å². The van der Waals surface area contributed by atoms with Gasteiger partial charge in [0.1, 0.15) is 16.7 Å². The molecule has 0 atom stereocenters. The van der Waals surface area contributed by atoms with E-state index in [1.54, 1.807) is 0 Å². The van der Waals surface area contributed by atoms with Crippen LogP contribution in [-0.2, 0) is 0 Å². The monoisotopic (exact) mass is 211 g/mol. The molecule has 0 aromatic rings. The fraction of sp³-hybridized carbons (Fsp3) is 0.889. The summed E-state index contributed by atoms with van der Waals surface area (Å²) in [4.78, 5) is 15.2. The summed E-state index contributed by atoms with van der Waals surface area (Å²) in [6.07, 6.45) is 3.00. The molecule has 2 rings (SSSR count). The molecule has 1 aliphatic carbocycles. The van der Waals surface area contributed by atoms with Crippen LogP contribution in [0.15, 0.2) is 5.11 Å². The lowest BCUT2D eigenvalue weighted by Crippen LogP contribution is -2.49. The Morgan fingerprint density at radius 1 is 1.47 bits per heavy atom. The molecule has 1 heterocycles. The lowest BCUT2D eigenvalue weighted by atomic mass is 9.60. The van der Waals surface area contributed by atoms with Crippen molar-refractivity contribution in [2.24, 2.45) is 10.5 Å². The van der Waals surface area contributed by atoms with E-state index in [9.17, 15) is 4.79 Å². The Bertz CT molecular complexity index is 308. The highest BCUT2D eigenvalue weighted by atomic mass is 16.4. The second-order valence-electron chi connectivity index (χ2n) is 4.55. The van der Waals surface area contributed by atoms with E-state index >= 15 is 0 Å². The molecule has 0 unspecified atom stereocenters. The fourth-order valence-corrected chi connectivity index (χ4v) is 2.68. The number of hydrogen-bond acceptors (Lipinski definition) is 3. The number of carboxylic acid groups (broad SMARTS) is 1. The Morgan fingerprint density at radius 2 is 2.07 bits per heavy atom. The predicted molar refractivity (Wildman–Crippen MR) is 51.6 cm³/mol. The number of amides is 1. The summed E-state index contributed by atoms with van der Waals surface area (Å²) in [6.45, 7) is 1.28. The normalized spacial score (nSPS) is 24.4. The van der Waals surface area contributed by atoms with Crippen LogP contribution in [0.1, 0.15) is 25.7 Å². The van der Waals surface area contributed by atoms with Crippen molar-refractivity contribution in [3.63, 3.8) is 0 Å². The van der Waals surface area contributed by atoms with Crippen molar-refractivity contribution in [3.05, 3.63) is 0 Å². The molecule has 0 aromatic heterocycles. The van der Waals surface area contributed by atoms with Crippen LogP contribution in [0.5, 0.6) is 0 Å². The first-order valence-electron chi connectivity index (χ1n) is 5.20. The number of rotatable bonds is 1. The highest BCUT2D eigenvalue weighted by Crippen LogP contribution is 2.50. The number of carbonyl (C=O) groups is 1. The van der Waals surface area contributed by atoms with E-state index in [-0.39, 0.29) is 6.04 Å². The quantitative estimate of drug-likeness (QED) is 0.507. The zero-order chi connectivity index (χ0) is 10.9. The van der Waals surface area contributed by atoms with Crippen LogP contribution in [0.25, 0.3) is 0 Å². The molecular formula is C9H15N4O2+. The molecule has 0 bridgehead atoms. The van der Waals surface area contributed by atoms with E-state index in [2.05, 4.69) is 10.0 Å². The van der Waals surface area contributed by atoms with Crippen molar-refractivity contribution in [2.45, 2.75) is 31.7 Å². The molecule has 1 aliphatic heterocycles. The second-order valence-corrected chi connectivity index (χ2v) is 4.55. The van der Waals surface area contributed by atoms with Gasteiger partial charge in [0.2, 0.25) is 4.91 Å². The van der Waals surface area contributed by atoms with Gasteiger partial charge in [0.05, 0.1) is 0 Å². The SMILES string of the molecule is N=[N+]=NC1CC2(CCN(C(=O)O)CC2)C1. The molecule has 2 N–H and O–H groups in total. The van der Waals surface area contributed by atoms with Crippen LogP contribution in [0.3, 0.4) is 0 Å². The number of likely N-dealkylation sites (tertiary alicyclic amines) is 1. The molecule has 2 fully saturated rings. The summed E-state index contributed by atoms with van der Waals surface area (Å²) in [6, 6.07) is 0.207. The van der Waals surface area contributed by atoms with Crippen LogP contribution in [0, 0.1) is 10.9 Å². The molecule has 1 saturated heterocycles. The van der Waals surface area contributed by atoms with Crippen molar-refractivity contribution in [1.29, 1.82) is 5.53 Å². The Kier molecular flexibility index (Phi) is 2.44. The van der Waals surface area contributed by atoms with E-state index in [4.69, 9.17) is 10.6 Å². The fourth-order valence-electron chi connectivity index (χ4n) is 2.68. The van der Waals surface area contributed by atoms with Gasteiger partial charge in [-0.1, -0.05) is 0 Å².